The number of aryl methyl sites for hydroxylation is 2. The zero-order valence-electron chi connectivity index (χ0n) is 12.6. The summed E-state index contributed by atoms with van der Waals surface area (Å²) in [6, 6.07) is 5.51. The van der Waals surface area contributed by atoms with Gasteiger partial charge >= 0.3 is 0 Å². The lowest BCUT2D eigenvalue weighted by Gasteiger charge is -2.00. The van der Waals surface area contributed by atoms with Gasteiger partial charge in [0.05, 0.1) is 23.0 Å². The van der Waals surface area contributed by atoms with Crippen LogP contribution in [-0.4, -0.2) is 20.3 Å². The summed E-state index contributed by atoms with van der Waals surface area (Å²) in [4.78, 5) is 17.3. The molecule has 7 heteroatoms. The minimum Gasteiger partial charge on any atom is -0.305 e. The lowest BCUT2D eigenvalue weighted by atomic mass is 10.3. The molecule has 3 rings (SSSR count). The van der Waals surface area contributed by atoms with Gasteiger partial charge in [-0.3, -0.25) is 9.48 Å². The molecule has 23 heavy (non-hydrogen) atoms. The molecule has 0 aliphatic carbocycles. The van der Waals surface area contributed by atoms with Crippen molar-refractivity contribution < 1.29 is 4.79 Å². The van der Waals surface area contributed by atoms with Crippen molar-refractivity contribution in [1.82, 2.24) is 14.3 Å². The number of fused-ring (bicyclic) bond motifs is 1. The third-order valence-electron chi connectivity index (χ3n) is 3.42. The first-order chi connectivity index (χ1) is 11.0. The van der Waals surface area contributed by atoms with Crippen LogP contribution >= 0.6 is 22.9 Å². The number of hydrogen-bond donors (Lipinski definition) is 0. The highest BCUT2D eigenvalue weighted by Crippen LogP contribution is 2.22. The second kappa shape index (κ2) is 6.03. The predicted molar refractivity (Wildman–Crippen MR) is 91.5 cm³/mol. The van der Waals surface area contributed by atoms with Crippen molar-refractivity contribution in [2.75, 3.05) is 0 Å². The van der Waals surface area contributed by atoms with Crippen molar-refractivity contribution in [3.8, 4) is 12.3 Å². The predicted octanol–water partition coefficient (Wildman–Crippen LogP) is 2.77. The molecule has 0 aliphatic heterocycles. The molecular weight excluding hydrogens is 332 g/mol. The molecule has 0 N–H and O–H groups in total. The Balaban J connectivity index is 2.21. The summed E-state index contributed by atoms with van der Waals surface area (Å²) in [5.74, 6) is 2.25. The molecule has 2 aromatic heterocycles. The average molecular weight is 345 g/mol. The molecule has 5 nitrogen and oxygen atoms in total. The van der Waals surface area contributed by atoms with Gasteiger partial charge < -0.3 is 4.57 Å². The van der Waals surface area contributed by atoms with E-state index < -0.39 is 0 Å². The first kappa shape index (κ1) is 15.5. The Morgan fingerprint density at radius 1 is 1.52 bits per heavy atom. The molecule has 0 fully saturated rings. The summed E-state index contributed by atoms with van der Waals surface area (Å²) in [7, 11) is 1.72. The Kier molecular flexibility index (Phi) is 4.07. The van der Waals surface area contributed by atoms with Crippen molar-refractivity contribution in [2.45, 2.75) is 13.5 Å². The number of benzene rings is 1. The van der Waals surface area contributed by atoms with Crippen LogP contribution in [0.5, 0.6) is 0 Å². The van der Waals surface area contributed by atoms with E-state index in [0.29, 0.717) is 22.1 Å². The zero-order valence-corrected chi connectivity index (χ0v) is 14.1. The maximum atomic E-state index is 12.5. The number of carbonyl (C=O) groups is 1. The highest BCUT2D eigenvalue weighted by atomic mass is 35.5. The van der Waals surface area contributed by atoms with Crippen LogP contribution in [0.4, 0.5) is 0 Å². The van der Waals surface area contributed by atoms with Crippen LogP contribution in [-0.2, 0) is 13.6 Å². The van der Waals surface area contributed by atoms with E-state index in [1.54, 1.807) is 19.3 Å². The molecule has 0 radical (unpaired) electrons. The Morgan fingerprint density at radius 3 is 2.96 bits per heavy atom. The maximum Gasteiger partial charge on any atom is 0.298 e. The second-order valence-corrected chi connectivity index (χ2v) is 6.45. The van der Waals surface area contributed by atoms with Crippen molar-refractivity contribution in [2.24, 2.45) is 12.0 Å². The van der Waals surface area contributed by atoms with E-state index >= 15 is 0 Å². The Morgan fingerprint density at radius 2 is 2.30 bits per heavy atom. The summed E-state index contributed by atoms with van der Waals surface area (Å²) in [5, 5.41) is 4.71. The summed E-state index contributed by atoms with van der Waals surface area (Å²) in [6.07, 6.45) is 7.09. The summed E-state index contributed by atoms with van der Waals surface area (Å²) in [6.45, 7) is 2.16. The molecule has 0 saturated heterocycles. The van der Waals surface area contributed by atoms with Crippen LogP contribution in [0.2, 0.25) is 5.02 Å². The van der Waals surface area contributed by atoms with E-state index in [-0.39, 0.29) is 5.91 Å². The number of thiazole rings is 1. The van der Waals surface area contributed by atoms with Crippen molar-refractivity contribution in [1.29, 1.82) is 0 Å². The van der Waals surface area contributed by atoms with Crippen LogP contribution in [0.3, 0.4) is 0 Å². The minimum absolute atomic E-state index is 0.331. The number of halogens is 1. The average Bonchev–Trinajstić information content (AvgIpc) is 3.00. The van der Waals surface area contributed by atoms with Gasteiger partial charge in [0.15, 0.2) is 4.80 Å². The smallest absolute Gasteiger partial charge is 0.298 e. The third-order valence-corrected chi connectivity index (χ3v) is 4.69. The molecule has 1 aromatic carbocycles. The van der Waals surface area contributed by atoms with Crippen LogP contribution in [0, 0.1) is 19.3 Å². The SMILES string of the molecule is C#CCn1c(=NC(=O)c2c(C)cnn2C)sc2cc(Cl)ccc21. The van der Waals surface area contributed by atoms with Gasteiger partial charge in [-0.2, -0.15) is 10.1 Å². The highest BCUT2D eigenvalue weighted by Gasteiger charge is 2.14. The maximum absolute atomic E-state index is 12.5. The third kappa shape index (κ3) is 2.81. The number of hydrogen-bond acceptors (Lipinski definition) is 3. The highest BCUT2D eigenvalue weighted by molar-refractivity contribution is 7.16. The molecule has 0 aliphatic rings. The lowest BCUT2D eigenvalue weighted by molar-refractivity contribution is 0.0988. The van der Waals surface area contributed by atoms with Gasteiger partial charge in [-0.15, -0.1) is 6.42 Å². The van der Waals surface area contributed by atoms with Gasteiger partial charge in [-0.1, -0.05) is 28.9 Å². The first-order valence-electron chi connectivity index (χ1n) is 6.81. The van der Waals surface area contributed by atoms with Gasteiger partial charge in [0.2, 0.25) is 0 Å². The van der Waals surface area contributed by atoms with Crippen LogP contribution in [0.25, 0.3) is 10.2 Å². The molecule has 0 saturated carbocycles. The fourth-order valence-corrected chi connectivity index (χ4v) is 3.67. The summed E-state index contributed by atoms with van der Waals surface area (Å²) >= 11 is 7.41. The number of aromatic nitrogens is 3. The van der Waals surface area contributed by atoms with Crippen molar-refractivity contribution >= 4 is 39.1 Å². The van der Waals surface area contributed by atoms with Gasteiger partial charge in [0, 0.05) is 17.6 Å². The van der Waals surface area contributed by atoms with Crippen LogP contribution in [0.1, 0.15) is 16.1 Å². The second-order valence-electron chi connectivity index (χ2n) is 5.00. The first-order valence-corrected chi connectivity index (χ1v) is 8.00. The van der Waals surface area contributed by atoms with E-state index in [1.807, 2.05) is 23.6 Å². The van der Waals surface area contributed by atoms with E-state index in [4.69, 9.17) is 18.0 Å². The summed E-state index contributed by atoms with van der Waals surface area (Å²) in [5.41, 5.74) is 2.16. The molecule has 0 atom stereocenters. The fraction of sp³-hybridized carbons (Fsp3) is 0.188. The number of nitrogens with zero attached hydrogens (tertiary/aromatic N) is 4. The Labute approximate surface area is 141 Å². The molecule has 0 spiro atoms. The van der Waals surface area contributed by atoms with Gasteiger partial charge in [-0.25, -0.2) is 0 Å². The molecule has 2 heterocycles. The molecule has 3 aromatic rings. The molecule has 116 valence electrons. The zero-order chi connectivity index (χ0) is 16.6. The molecular formula is C16H13ClN4OS. The standard InChI is InChI=1S/C16H13ClN4OS/c1-4-7-21-12-6-5-11(17)8-13(12)23-16(21)19-15(22)14-10(2)9-18-20(14)3/h1,5-6,8-9H,7H2,2-3H3. The van der Waals surface area contributed by atoms with Crippen LogP contribution < -0.4 is 4.80 Å². The number of amides is 1. The van der Waals surface area contributed by atoms with Gasteiger partial charge in [0.1, 0.15) is 5.69 Å². The van der Waals surface area contributed by atoms with Crippen molar-refractivity contribution in [3.63, 3.8) is 0 Å². The van der Waals surface area contributed by atoms with E-state index in [1.165, 1.54) is 16.0 Å². The van der Waals surface area contributed by atoms with E-state index in [2.05, 4.69) is 16.0 Å². The monoisotopic (exact) mass is 344 g/mol. The topological polar surface area (TPSA) is 52.2 Å². The van der Waals surface area contributed by atoms with Gasteiger partial charge in [0.25, 0.3) is 5.91 Å². The van der Waals surface area contributed by atoms with Gasteiger partial charge in [-0.05, 0) is 25.1 Å². The van der Waals surface area contributed by atoms with Crippen molar-refractivity contribution in [3.05, 3.63) is 45.5 Å². The fourth-order valence-electron chi connectivity index (χ4n) is 2.37. The molecule has 0 unspecified atom stereocenters. The quantitative estimate of drug-likeness (QED) is 0.671. The Hall–Kier alpha value is -2.36. The Bertz CT molecular complexity index is 1000. The van der Waals surface area contributed by atoms with E-state index in [0.717, 1.165) is 15.8 Å². The number of carbonyl (C=O) groups excluding carboxylic acids is 1. The lowest BCUT2D eigenvalue weighted by Crippen LogP contribution is -2.18. The summed E-state index contributed by atoms with van der Waals surface area (Å²) < 4.78 is 4.29. The normalized spacial score (nSPS) is 11.8. The molecule has 0 bridgehead atoms. The van der Waals surface area contributed by atoms with E-state index in [9.17, 15) is 4.79 Å². The number of terminal acetylenes is 1. The minimum atomic E-state index is -0.342. The largest absolute Gasteiger partial charge is 0.305 e. The number of rotatable bonds is 2. The van der Waals surface area contributed by atoms with Crippen LogP contribution in [0.15, 0.2) is 29.4 Å². The molecule has 1 amide bonds.